The van der Waals surface area contributed by atoms with E-state index in [0.29, 0.717) is 22.8 Å². The van der Waals surface area contributed by atoms with Crippen molar-refractivity contribution in [2.24, 2.45) is 0 Å². The van der Waals surface area contributed by atoms with Gasteiger partial charge in [0.1, 0.15) is 0 Å². The first kappa shape index (κ1) is 11.1. The Kier molecular flexibility index (Phi) is 2.51. The number of hydrogen-bond acceptors (Lipinski definition) is 4. The highest BCUT2D eigenvalue weighted by Gasteiger charge is 2.39. The fourth-order valence-corrected chi connectivity index (χ4v) is 2.32. The summed E-state index contributed by atoms with van der Waals surface area (Å²) in [4.78, 5) is 12.2. The molecule has 0 amide bonds. The fourth-order valence-electron chi connectivity index (χ4n) is 2.32. The van der Waals surface area contributed by atoms with E-state index in [-0.39, 0.29) is 5.78 Å². The molecule has 1 unspecified atom stereocenters. The van der Waals surface area contributed by atoms with Gasteiger partial charge in [0.2, 0.25) is 11.5 Å². The average Bonchev–Trinajstić information content (AvgIpc) is 2.64. The van der Waals surface area contributed by atoms with E-state index in [1.807, 2.05) is 0 Å². The molecule has 0 radical (unpaired) electrons. The average molecular weight is 246 g/mol. The number of fused-ring (bicyclic) bond motifs is 1. The molecule has 0 N–H and O–H groups in total. The van der Waals surface area contributed by atoms with Crippen LogP contribution in [0, 0.1) is 0 Å². The number of ether oxygens (including phenoxy) is 3. The van der Waals surface area contributed by atoms with Crippen molar-refractivity contribution in [2.45, 2.75) is 18.9 Å². The second-order valence-electron chi connectivity index (χ2n) is 4.36. The summed E-state index contributed by atoms with van der Waals surface area (Å²) < 4.78 is 16.3. The maximum absolute atomic E-state index is 12.2. The SMILES string of the molecule is COc1ccc2c(c1OC)OC(C1=CCC1)C2=O. The van der Waals surface area contributed by atoms with Crippen molar-refractivity contribution in [3.63, 3.8) is 0 Å². The van der Waals surface area contributed by atoms with Crippen LogP contribution >= 0.6 is 0 Å². The molecular weight excluding hydrogens is 232 g/mol. The maximum atomic E-state index is 12.2. The number of rotatable bonds is 3. The molecule has 1 aliphatic heterocycles. The van der Waals surface area contributed by atoms with Crippen LogP contribution in [0.3, 0.4) is 0 Å². The molecule has 1 atom stereocenters. The van der Waals surface area contributed by atoms with Crippen molar-refractivity contribution >= 4 is 5.78 Å². The molecular formula is C14H14O4. The van der Waals surface area contributed by atoms with Crippen LogP contribution in [0.4, 0.5) is 0 Å². The van der Waals surface area contributed by atoms with Crippen molar-refractivity contribution in [3.8, 4) is 17.2 Å². The minimum Gasteiger partial charge on any atom is -0.493 e. The standard InChI is InChI=1S/C14H14O4/c1-16-10-7-6-9-11(15)12(8-4-3-5-8)18-13(9)14(10)17-2/h4,6-7,12H,3,5H2,1-2H3. The van der Waals surface area contributed by atoms with E-state index >= 15 is 0 Å². The second-order valence-corrected chi connectivity index (χ2v) is 4.36. The lowest BCUT2D eigenvalue weighted by atomic mass is 9.91. The molecule has 94 valence electrons. The third-order valence-electron chi connectivity index (χ3n) is 3.42. The molecule has 0 bridgehead atoms. The first-order valence-electron chi connectivity index (χ1n) is 5.91. The number of carbonyl (C=O) groups excluding carboxylic acids is 1. The van der Waals surface area contributed by atoms with Crippen LogP contribution in [-0.2, 0) is 0 Å². The van der Waals surface area contributed by atoms with Gasteiger partial charge in [0.15, 0.2) is 17.6 Å². The van der Waals surface area contributed by atoms with Crippen LogP contribution in [0.25, 0.3) is 0 Å². The van der Waals surface area contributed by atoms with Gasteiger partial charge in [-0.05, 0) is 30.5 Å². The molecule has 4 nitrogen and oxygen atoms in total. The third kappa shape index (κ3) is 1.41. The molecule has 4 heteroatoms. The minimum absolute atomic E-state index is 0.0110. The lowest BCUT2D eigenvalue weighted by molar-refractivity contribution is 0.0887. The molecule has 2 aliphatic rings. The quantitative estimate of drug-likeness (QED) is 0.768. The second kappa shape index (κ2) is 4.05. The summed E-state index contributed by atoms with van der Waals surface area (Å²) in [5.41, 5.74) is 1.64. The number of benzene rings is 1. The van der Waals surface area contributed by atoms with Gasteiger partial charge in [0.05, 0.1) is 19.8 Å². The summed E-state index contributed by atoms with van der Waals surface area (Å²) in [6.07, 6.45) is 3.55. The third-order valence-corrected chi connectivity index (χ3v) is 3.42. The zero-order valence-electron chi connectivity index (χ0n) is 10.4. The molecule has 0 spiro atoms. The molecule has 0 fully saturated rings. The summed E-state index contributed by atoms with van der Waals surface area (Å²) >= 11 is 0. The normalized spacial score (nSPS) is 20.7. The number of carbonyl (C=O) groups is 1. The van der Waals surface area contributed by atoms with E-state index in [1.165, 1.54) is 0 Å². The van der Waals surface area contributed by atoms with Crippen molar-refractivity contribution < 1.29 is 19.0 Å². The summed E-state index contributed by atoms with van der Waals surface area (Å²) in [7, 11) is 3.11. The Morgan fingerprint density at radius 2 is 2.06 bits per heavy atom. The predicted octanol–water partition coefficient (Wildman–Crippen LogP) is 2.37. The van der Waals surface area contributed by atoms with Crippen molar-refractivity contribution in [2.75, 3.05) is 14.2 Å². The molecule has 1 aliphatic carbocycles. The van der Waals surface area contributed by atoms with Gasteiger partial charge in [-0.3, -0.25) is 4.79 Å². The lowest BCUT2D eigenvalue weighted by Crippen LogP contribution is -2.25. The Morgan fingerprint density at radius 1 is 1.28 bits per heavy atom. The molecule has 1 heterocycles. The highest BCUT2D eigenvalue weighted by molar-refractivity contribution is 6.07. The van der Waals surface area contributed by atoms with Gasteiger partial charge in [0.25, 0.3) is 0 Å². The number of allylic oxidation sites excluding steroid dienone is 1. The summed E-state index contributed by atoms with van der Waals surface area (Å²) in [5.74, 6) is 1.58. The van der Waals surface area contributed by atoms with E-state index in [9.17, 15) is 4.79 Å². The Hall–Kier alpha value is -1.97. The van der Waals surface area contributed by atoms with E-state index in [1.54, 1.807) is 26.4 Å². The first-order valence-corrected chi connectivity index (χ1v) is 5.91. The fraction of sp³-hybridized carbons (Fsp3) is 0.357. The van der Waals surface area contributed by atoms with Gasteiger partial charge < -0.3 is 14.2 Å². The van der Waals surface area contributed by atoms with Crippen molar-refractivity contribution in [3.05, 3.63) is 29.3 Å². The number of ketones is 1. The largest absolute Gasteiger partial charge is 0.493 e. The smallest absolute Gasteiger partial charge is 0.211 e. The topological polar surface area (TPSA) is 44.8 Å². The highest BCUT2D eigenvalue weighted by atomic mass is 16.5. The number of Topliss-reactive ketones (excluding diaryl/α,β-unsaturated/α-hetero) is 1. The van der Waals surface area contributed by atoms with Gasteiger partial charge in [-0.25, -0.2) is 0 Å². The van der Waals surface area contributed by atoms with Crippen LogP contribution in [0.2, 0.25) is 0 Å². The Bertz CT molecular complexity index is 545. The van der Waals surface area contributed by atoms with Gasteiger partial charge in [-0.15, -0.1) is 0 Å². The lowest BCUT2D eigenvalue weighted by Gasteiger charge is -2.19. The monoisotopic (exact) mass is 246 g/mol. The zero-order chi connectivity index (χ0) is 12.7. The van der Waals surface area contributed by atoms with E-state index < -0.39 is 6.10 Å². The molecule has 0 saturated carbocycles. The number of hydrogen-bond donors (Lipinski definition) is 0. The zero-order valence-corrected chi connectivity index (χ0v) is 10.4. The molecule has 0 aromatic heterocycles. The Labute approximate surface area is 105 Å². The summed E-state index contributed by atoms with van der Waals surface area (Å²) in [6.45, 7) is 0. The molecule has 0 saturated heterocycles. The van der Waals surface area contributed by atoms with Gasteiger partial charge in [-0.1, -0.05) is 6.08 Å². The first-order chi connectivity index (χ1) is 8.76. The Morgan fingerprint density at radius 3 is 2.61 bits per heavy atom. The van der Waals surface area contributed by atoms with Crippen LogP contribution in [0.1, 0.15) is 23.2 Å². The predicted molar refractivity (Wildman–Crippen MR) is 65.6 cm³/mol. The molecule has 18 heavy (non-hydrogen) atoms. The Balaban J connectivity index is 2.05. The van der Waals surface area contributed by atoms with E-state index in [4.69, 9.17) is 14.2 Å². The van der Waals surface area contributed by atoms with E-state index in [0.717, 1.165) is 18.4 Å². The van der Waals surface area contributed by atoms with Gasteiger partial charge in [0, 0.05) is 0 Å². The summed E-state index contributed by atoms with van der Waals surface area (Å²) in [5, 5.41) is 0. The van der Waals surface area contributed by atoms with Crippen LogP contribution in [-0.4, -0.2) is 26.1 Å². The summed E-state index contributed by atoms with van der Waals surface area (Å²) in [6, 6.07) is 3.47. The minimum atomic E-state index is -0.463. The van der Waals surface area contributed by atoms with Crippen LogP contribution in [0.15, 0.2) is 23.8 Å². The molecule has 1 aromatic rings. The van der Waals surface area contributed by atoms with Crippen LogP contribution in [0.5, 0.6) is 17.2 Å². The molecule has 3 rings (SSSR count). The number of methoxy groups -OCH3 is 2. The highest BCUT2D eigenvalue weighted by Crippen LogP contribution is 2.46. The maximum Gasteiger partial charge on any atom is 0.211 e. The van der Waals surface area contributed by atoms with E-state index in [2.05, 4.69) is 6.08 Å². The van der Waals surface area contributed by atoms with Gasteiger partial charge >= 0.3 is 0 Å². The van der Waals surface area contributed by atoms with Crippen molar-refractivity contribution in [1.82, 2.24) is 0 Å². The molecule has 1 aromatic carbocycles. The van der Waals surface area contributed by atoms with Crippen molar-refractivity contribution in [1.29, 1.82) is 0 Å². The van der Waals surface area contributed by atoms with Crippen LogP contribution < -0.4 is 14.2 Å². The van der Waals surface area contributed by atoms with Gasteiger partial charge in [-0.2, -0.15) is 0 Å².